The van der Waals surface area contributed by atoms with Crippen molar-refractivity contribution >= 4 is 27.6 Å². The second kappa shape index (κ2) is 7.14. The Hall–Kier alpha value is -1.19. The van der Waals surface area contributed by atoms with Crippen LogP contribution in [-0.4, -0.2) is 62.3 Å². The van der Waals surface area contributed by atoms with E-state index in [1.807, 2.05) is 0 Å². The molecule has 0 amide bonds. The van der Waals surface area contributed by atoms with Crippen molar-refractivity contribution in [1.82, 2.24) is 4.31 Å². The SMILES string of the molecule is COC(=O)c1ccc(Cl)cc1S(=O)(=O)N1C[C@@H](CO)[C@H](CO)C1. The number of sulfonamides is 1. The third-order valence-electron chi connectivity index (χ3n) is 3.98. The summed E-state index contributed by atoms with van der Waals surface area (Å²) in [5, 5.41) is 18.8. The first-order valence-electron chi connectivity index (χ1n) is 6.94. The van der Waals surface area contributed by atoms with Gasteiger partial charge < -0.3 is 14.9 Å². The van der Waals surface area contributed by atoms with Crippen molar-refractivity contribution in [2.75, 3.05) is 33.4 Å². The minimum Gasteiger partial charge on any atom is -0.465 e. The molecule has 0 saturated carbocycles. The van der Waals surface area contributed by atoms with E-state index < -0.39 is 16.0 Å². The smallest absolute Gasteiger partial charge is 0.339 e. The van der Waals surface area contributed by atoms with Gasteiger partial charge in [-0.1, -0.05) is 11.6 Å². The van der Waals surface area contributed by atoms with Crippen molar-refractivity contribution in [2.45, 2.75) is 4.90 Å². The second-order valence-electron chi connectivity index (χ2n) is 5.34. The van der Waals surface area contributed by atoms with Crippen LogP contribution in [0.5, 0.6) is 0 Å². The predicted octanol–water partition coefficient (Wildman–Crippen LogP) is 0.348. The molecule has 0 radical (unpaired) electrons. The van der Waals surface area contributed by atoms with Crippen LogP contribution < -0.4 is 0 Å². The van der Waals surface area contributed by atoms with Gasteiger partial charge in [0.2, 0.25) is 10.0 Å². The summed E-state index contributed by atoms with van der Waals surface area (Å²) in [5.74, 6) is -1.48. The Morgan fingerprint density at radius 2 is 1.87 bits per heavy atom. The summed E-state index contributed by atoms with van der Waals surface area (Å²) < 4.78 is 31.5. The van der Waals surface area contributed by atoms with Gasteiger partial charge in [-0.2, -0.15) is 4.31 Å². The molecule has 0 spiro atoms. The van der Waals surface area contributed by atoms with Crippen LogP contribution in [0.1, 0.15) is 10.4 Å². The predicted molar refractivity (Wildman–Crippen MR) is 82.7 cm³/mol. The van der Waals surface area contributed by atoms with Gasteiger partial charge in [-0.3, -0.25) is 0 Å². The molecular weight excluding hydrogens is 346 g/mol. The van der Waals surface area contributed by atoms with Crippen molar-refractivity contribution in [3.63, 3.8) is 0 Å². The highest BCUT2D eigenvalue weighted by molar-refractivity contribution is 7.89. The number of methoxy groups -OCH3 is 1. The zero-order valence-corrected chi connectivity index (χ0v) is 14.0. The molecule has 1 aliphatic heterocycles. The van der Waals surface area contributed by atoms with E-state index in [2.05, 4.69) is 4.74 Å². The molecule has 0 aromatic heterocycles. The quantitative estimate of drug-likeness (QED) is 0.731. The number of aliphatic hydroxyl groups is 2. The molecule has 23 heavy (non-hydrogen) atoms. The maximum Gasteiger partial charge on any atom is 0.339 e. The third kappa shape index (κ3) is 3.51. The van der Waals surface area contributed by atoms with Gasteiger partial charge in [-0.05, 0) is 18.2 Å². The minimum atomic E-state index is -4.01. The average Bonchev–Trinajstić information content (AvgIpc) is 2.98. The lowest BCUT2D eigenvalue weighted by Gasteiger charge is -2.18. The lowest BCUT2D eigenvalue weighted by Crippen LogP contribution is -2.31. The summed E-state index contributed by atoms with van der Waals surface area (Å²) >= 11 is 5.87. The van der Waals surface area contributed by atoms with Crippen LogP contribution in [0.4, 0.5) is 0 Å². The molecule has 9 heteroatoms. The fourth-order valence-corrected chi connectivity index (χ4v) is 4.63. The second-order valence-corrected chi connectivity index (χ2v) is 7.68. The van der Waals surface area contributed by atoms with E-state index >= 15 is 0 Å². The third-order valence-corrected chi connectivity index (χ3v) is 6.09. The lowest BCUT2D eigenvalue weighted by molar-refractivity contribution is 0.0596. The summed E-state index contributed by atoms with van der Waals surface area (Å²) in [5.41, 5.74) is -0.107. The van der Waals surface area contributed by atoms with Crippen LogP contribution in [-0.2, 0) is 14.8 Å². The van der Waals surface area contributed by atoms with Crippen LogP contribution in [0.25, 0.3) is 0 Å². The average molecular weight is 364 g/mol. The largest absolute Gasteiger partial charge is 0.465 e. The maximum absolute atomic E-state index is 12.8. The first kappa shape index (κ1) is 18.2. The maximum atomic E-state index is 12.8. The Balaban J connectivity index is 2.44. The topological polar surface area (TPSA) is 104 Å². The fraction of sp³-hybridized carbons (Fsp3) is 0.500. The van der Waals surface area contributed by atoms with Crippen LogP contribution in [0.15, 0.2) is 23.1 Å². The molecule has 7 nitrogen and oxygen atoms in total. The molecule has 1 fully saturated rings. The number of hydrogen-bond acceptors (Lipinski definition) is 6. The number of ether oxygens (including phenoxy) is 1. The van der Waals surface area contributed by atoms with E-state index in [9.17, 15) is 23.4 Å². The molecule has 2 N–H and O–H groups in total. The first-order valence-corrected chi connectivity index (χ1v) is 8.76. The Labute approximate surface area is 139 Å². The fourth-order valence-electron chi connectivity index (χ4n) is 2.63. The van der Waals surface area contributed by atoms with Gasteiger partial charge in [0.1, 0.15) is 0 Å². The molecule has 1 aromatic carbocycles. The van der Waals surface area contributed by atoms with Crippen LogP contribution >= 0.6 is 11.6 Å². The molecule has 1 aromatic rings. The minimum absolute atomic E-state index is 0.0667. The molecule has 128 valence electrons. The van der Waals surface area contributed by atoms with E-state index in [4.69, 9.17) is 11.6 Å². The van der Waals surface area contributed by atoms with E-state index in [0.29, 0.717) is 0 Å². The summed E-state index contributed by atoms with van der Waals surface area (Å²) in [6.45, 7) is -0.318. The van der Waals surface area contributed by atoms with Crippen molar-refractivity contribution in [3.8, 4) is 0 Å². The lowest BCUT2D eigenvalue weighted by atomic mass is 9.98. The van der Waals surface area contributed by atoms with E-state index in [1.54, 1.807) is 0 Å². The number of esters is 1. The first-order chi connectivity index (χ1) is 10.8. The number of benzene rings is 1. The molecule has 0 aliphatic carbocycles. The molecule has 1 heterocycles. The van der Waals surface area contributed by atoms with Crippen LogP contribution in [0, 0.1) is 11.8 Å². The number of hydrogen-bond donors (Lipinski definition) is 2. The van der Waals surface area contributed by atoms with Gasteiger partial charge in [0.25, 0.3) is 0 Å². The number of carbonyl (C=O) groups excluding carboxylic acids is 1. The molecule has 1 saturated heterocycles. The van der Waals surface area contributed by atoms with E-state index in [-0.39, 0.29) is 53.6 Å². The van der Waals surface area contributed by atoms with Gasteiger partial charge in [0.05, 0.1) is 17.6 Å². The summed E-state index contributed by atoms with van der Waals surface area (Å²) in [6.07, 6.45) is 0. The van der Waals surface area contributed by atoms with Crippen LogP contribution in [0.3, 0.4) is 0 Å². The highest BCUT2D eigenvalue weighted by atomic mass is 35.5. The Kier molecular flexibility index (Phi) is 5.64. The highest BCUT2D eigenvalue weighted by Gasteiger charge is 2.40. The number of rotatable bonds is 5. The van der Waals surface area contributed by atoms with Crippen molar-refractivity contribution in [2.24, 2.45) is 11.8 Å². The van der Waals surface area contributed by atoms with E-state index in [0.717, 1.165) is 11.4 Å². The zero-order chi connectivity index (χ0) is 17.2. The van der Waals surface area contributed by atoms with Crippen molar-refractivity contribution in [3.05, 3.63) is 28.8 Å². The molecule has 0 bridgehead atoms. The van der Waals surface area contributed by atoms with E-state index in [1.165, 1.54) is 18.2 Å². The number of carbonyl (C=O) groups is 1. The summed E-state index contributed by atoms with van der Waals surface area (Å²) in [6, 6.07) is 3.90. The molecule has 1 aliphatic rings. The normalized spacial score (nSPS) is 22.3. The Bertz CT molecular complexity index is 681. The highest BCUT2D eigenvalue weighted by Crippen LogP contribution is 2.31. The van der Waals surface area contributed by atoms with Crippen molar-refractivity contribution in [1.29, 1.82) is 0 Å². The van der Waals surface area contributed by atoms with Gasteiger partial charge in [-0.25, -0.2) is 13.2 Å². The monoisotopic (exact) mass is 363 g/mol. The van der Waals surface area contributed by atoms with Gasteiger partial charge in [0.15, 0.2) is 0 Å². The Morgan fingerprint density at radius 3 is 2.35 bits per heavy atom. The van der Waals surface area contributed by atoms with Gasteiger partial charge >= 0.3 is 5.97 Å². The number of nitrogens with zero attached hydrogens (tertiary/aromatic N) is 1. The molecule has 2 atom stereocenters. The molecule has 0 unspecified atom stereocenters. The van der Waals surface area contributed by atoms with Crippen LogP contribution in [0.2, 0.25) is 5.02 Å². The van der Waals surface area contributed by atoms with Crippen molar-refractivity contribution < 1.29 is 28.2 Å². The Morgan fingerprint density at radius 1 is 1.30 bits per heavy atom. The summed E-state index contributed by atoms with van der Waals surface area (Å²) in [4.78, 5) is 11.6. The summed E-state index contributed by atoms with van der Waals surface area (Å²) in [7, 11) is -2.85. The molecule has 2 rings (SSSR count). The zero-order valence-electron chi connectivity index (χ0n) is 12.5. The van der Waals surface area contributed by atoms with Gasteiger partial charge in [-0.15, -0.1) is 0 Å². The molecular formula is C14H18ClNO6S. The standard InChI is InChI=1S/C14H18ClNO6S/c1-22-14(19)12-3-2-11(15)4-13(12)23(20,21)16-5-9(7-17)10(6-16)8-18/h2-4,9-10,17-18H,5-8H2,1H3/t9-,10-/m0/s1. The number of aliphatic hydroxyl groups excluding tert-OH is 2. The van der Waals surface area contributed by atoms with Gasteiger partial charge in [0, 0.05) is 43.2 Å². The number of halogens is 1.